The van der Waals surface area contributed by atoms with Crippen LogP contribution in [0.3, 0.4) is 0 Å². The lowest BCUT2D eigenvalue weighted by Crippen LogP contribution is -2.39. The average Bonchev–Trinajstić information content (AvgIpc) is 2.70. The number of hydrogen-bond acceptors (Lipinski definition) is 7. The lowest BCUT2D eigenvalue weighted by atomic mass is 10.1. The molecule has 1 unspecified atom stereocenters. The lowest BCUT2D eigenvalue weighted by Gasteiger charge is -2.32. The van der Waals surface area contributed by atoms with Crippen LogP contribution in [0.15, 0.2) is 30.3 Å². The van der Waals surface area contributed by atoms with Gasteiger partial charge in [-0.25, -0.2) is 4.98 Å². The molecule has 2 amide bonds. The Balaban J connectivity index is 1.68. The van der Waals surface area contributed by atoms with Crippen LogP contribution in [-0.4, -0.2) is 47.0 Å². The van der Waals surface area contributed by atoms with Crippen molar-refractivity contribution < 1.29 is 14.3 Å². The van der Waals surface area contributed by atoms with E-state index < -0.39 is 17.9 Å². The van der Waals surface area contributed by atoms with Crippen molar-refractivity contribution in [3.05, 3.63) is 41.6 Å². The minimum atomic E-state index is -0.666. The van der Waals surface area contributed by atoms with Crippen molar-refractivity contribution in [1.29, 1.82) is 0 Å². The molecule has 9 heteroatoms. The minimum Gasteiger partial charge on any atom is -0.490 e. The average molecular weight is 398 g/mol. The Morgan fingerprint density at radius 3 is 2.41 bits per heavy atom. The molecule has 2 heterocycles. The van der Waals surface area contributed by atoms with Crippen LogP contribution < -0.4 is 26.4 Å². The summed E-state index contributed by atoms with van der Waals surface area (Å²) in [5.74, 6) is 0.371. The summed E-state index contributed by atoms with van der Waals surface area (Å²) >= 11 is 0. The van der Waals surface area contributed by atoms with E-state index in [4.69, 9.17) is 16.2 Å². The third kappa shape index (κ3) is 5.34. The number of amides is 2. The Bertz CT molecular complexity index is 878. The number of hydrogen-bond donors (Lipinski definition) is 3. The molecular weight excluding hydrogens is 372 g/mol. The number of aryl methyl sites for hydroxylation is 1. The quantitative estimate of drug-likeness (QED) is 0.638. The maximum absolute atomic E-state index is 11.7. The zero-order valence-corrected chi connectivity index (χ0v) is 16.6. The number of anilines is 2. The summed E-state index contributed by atoms with van der Waals surface area (Å²) in [6.45, 7) is 4.99. The molecule has 0 aliphatic carbocycles. The number of nitrogens with one attached hydrogen (secondary N) is 1. The number of benzene rings is 1. The SMILES string of the molecule is Cc1ccc(OC2CCN(c3nc(NC(C)C(N)=O)cc(C(N)=O)n3)CC2)cc1. The molecule has 2 aromatic rings. The van der Waals surface area contributed by atoms with Crippen molar-refractivity contribution in [2.45, 2.75) is 38.8 Å². The summed E-state index contributed by atoms with van der Waals surface area (Å²) in [6.07, 6.45) is 1.68. The van der Waals surface area contributed by atoms with Gasteiger partial charge in [0.15, 0.2) is 0 Å². The summed E-state index contributed by atoms with van der Waals surface area (Å²) in [5.41, 5.74) is 12.0. The fourth-order valence-corrected chi connectivity index (χ4v) is 3.05. The Kier molecular flexibility index (Phi) is 6.16. The second-order valence-corrected chi connectivity index (χ2v) is 7.19. The second kappa shape index (κ2) is 8.76. The maximum Gasteiger partial charge on any atom is 0.267 e. The zero-order chi connectivity index (χ0) is 21.0. The number of aromatic nitrogens is 2. The van der Waals surface area contributed by atoms with Crippen molar-refractivity contribution in [1.82, 2.24) is 9.97 Å². The fraction of sp³-hybridized carbons (Fsp3) is 0.400. The molecule has 1 aromatic carbocycles. The molecule has 1 aliphatic rings. The number of primary amides is 2. The van der Waals surface area contributed by atoms with Crippen LogP contribution >= 0.6 is 0 Å². The predicted molar refractivity (Wildman–Crippen MR) is 110 cm³/mol. The monoisotopic (exact) mass is 398 g/mol. The van der Waals surface area contributed by atoms with Crippen LogP contribution in [-0.2, 0) is 4.79 Å². The number of carbonyl (C=O) groups excluding carboxylic acids is 2. The van der Waals surface area contributed by atoms with Gasteiger partial charge < -0.3 is 26.4 Å². The van der Waals surface area contributed by atoms with Gasteiger partial charge in [-0.05, 0) is 26.0 Å². The summed E-state index contributed by atoms with van der Waals surface area (Å²) in [6, 6.07) is 8.76. The molecule has 0 radical (unpaired) electrons. The van der Waals surface area contributed by atoms with Crippen LogP contribution in [0.4, 0.5) is 11.8 Å². The standard InChI is InChI=1S/C20H26N6O3/c1-12-3-5-14(6-4-12)29-15-7-9-26(10-8-15)20-24-16(19(22)28)11-17(25-20)23-13(2)18(21)27/h3-6,11,13,15H,7-10H2,1-2H3,(H2,21,27)(H2,22,28)(H,23,24,25). The molecule has 0 bridgehead atoms. The van der Waals surface area contributed by atoms with Crippen LogP contribution in [0.1, 0.15) is 35.8 Å². The highest BCUT2D eigenvalue weighted by atomic mass is 16.5. The smallest absolute Gasteiger partial charge is 0.267 e. The predicted octanol–water partition coefficient (Wildman–Crippen LogP) is 1.22. The van der Waals surface area contributed by atoms with Gasteiger partial charge in [-0.3, -0.25) is 9.59 Å². The molecule has 29 heavy (non-hydrogen) atoms. The Hall–Kier alpha value is -3.36. The molecule has 0 saturated carbocycles. The van der Waals surface area contributed by atoms with Gasteiger partial charge in [-0.2, -0.15) is 4.98 Å². The molecule has 5 N–H and O–H groups in total. The van der Waals surface area contributed by atoms with E-state index in [1.54, 1.807) is 6.92 Å². The van der Waals surface area contributed by atoms with Gasteiger partial charge in [-0.1, -0.05) is 17.7 Å². The van der Waals surface area contributed by atoms with E-state index in [1.807, 2.05) is 36.1 Å². The summed E-state index contributed by atoms with van der Waals surface area (Å²) in [7, 11) is 0. The van der Waals surface area contributed by atoms with Crippen LogP contribution in [0.25, 0.3) is 0 Å². The number of ether oxygens (including phenoxy) is 1. The van der Waals surface area contributed by atoms with Crippen molar-refractivity contribution in [2.24, 2.45) is 11.5 Å². The number of rotatable bonds is 7. The first-order valence-corrected chi connectivity index (χ1v) is 9.55. The molecule has 3 rings (SSSR count). The van der Waals surface area contributed by atoms with E-state index in [0.717, 1.165) is 18.6 Å². The molecule has 9 nitrogen and oxygen atoms in total. The summed E-state index contributed by atoms with van der Waals surface area (Å²) in [5, 5.41) is 2.88. The van der Waals surface area contributed by atoms with Gasteiger partial charge in [-0.15, -0.1) is 0 Å². The normalized spacial score (nSPS) is 15.6. The third-order valence-electron chi connectivity index (χ3n) is 4.81. The van der Waals surface area contributed by atoms with Crippen LogP contribution in [0.2, 0.25) is 0 Å². The second-order valence-electron chi connectivity index (χ2n) is 7.19. The van der Waals surface area contributed by atoms with Gasteiger partial charge >= 0.3 is 0 Å². The number of nitrogens with two attached hydrogens (primary N) is 2. The Labute approximate surface area is 169 Å². The Morgan fingerprint density at radius 1 is 1.17 bits per heavy atom. The van der Waals surface area contributed by atoms with Crippen molar-refractivity contribution in [3.63, 3.8) is 0 Å². The molecular formula is C20H26N6O3. The highest BCUT2D eigenvalue weighted by Crippen LogP contribution is 2.23. The Morgan fingerprint density at radius 2 is 1.83 bits per heavy atom. The van der Waals surface area contributed by atoms with E-state index >= 15 is 0 Å². The lowest BCUT2D eigenvalue weighted by molar-refractivity contribution is -0.118. The molecule has 154 valence electrons. The maximum atomic E-state index is 11.7. The first-order chi connectivity index (χ1) is 13.8. The molecule has 0 spiro atoms. The number of nitrogens with zero attached hydrogens (tertiary/aromatic N) is 3. The number of carbonyl (C=O) groups is 2. The van der Waals surface area contributed by atoms with Gasteiger partial charge in [0.1, 0.15) is 29.4 Å². The van der Waals surface area contributed by atoms with E-state index in [-0.39, 0.29) is 11.8 Å². The van der Waals surface area contributed by atoms with E-state index in [0.29, 0.717) is 24.9 Å². The fourth-order valence-electron chi connectivity index (χ4n) is 3.05. The molecule has 1 saturated heterocycles. The first kappa shape index (κ1) is 20.4. The van der Waals surface area contributed by atoms with Crippen molar-refractivity contribution in [3.8, 4) is 5.75 Å². The largest absolute Gasteiger partial charge is 0.490 e. The summed E-state index contributed by atoms with van der Waals surface area (Å²) < 4.78 is 6.05. The first-order valence-electron chi connectivity index (χ1n) is 9.55. The van der Waals surface area contributed by atoms with E-state index in [9.17, 15) is 9.59 Å². The van der Waals surface area contributed by atoms with Crippen molar-refractivity contribution >= 4 is 23.6 Å². The van der Waals surface area contributed by atoms with Crippen LogP contribution in [0.5, 0.6) is 5.75 Å². The highest BCUT2D eigenvalue weighted by Gasteiger charge is 2.24. The van der Waals surface area contributed by atoms with E-state index in [1.165, 1.54) is 11.6 Å². The van der Waals surface area contributed by atoms with Crippen molar-refractivity contribution in [2.75, 3.05) is 23.3 Å². The zero-order valence-electron chi connectivity index (χ0n) is 16.6. The van der Waals surface area contributed by atoms with Crippen LogP contribution in [0, 0.1) is 6.92 Å². The molecule has 1 atom stereocenters. The van der Waals surface area contributed by atoms with E-state index in [2.05, 4.69) is 15.3 Å². The summed E-state index contributed by atoms with van der Waals surface area (Å²) in [4.78, 5) is 33.6. The molecule has 1 fully saturated rings. The highest BCUT2D eigenvalue weighted by molar-refractivity contribution is 5.92. The number of piperidine rings is 1. The minimum absolute atomic E-state index is 0.0761. The van der Waals surface area contributed by atoms with Gasteiger partial charge in [0, 0.05) is 32.0 Å². The van der Waals surface area contributed by atoms with Gasteiger partial charge in [0.2, 0.25) is 11.9 Å². The topological polar surface area (TPSA) is 136 Å². The van der Waals surface area contributed by atoms with Gasteiger partial charge in [0.05, 0.1) is 0 Å². The third-order valence-corrected chi connectivity index (χ3v) is 4.81. The molecule has 1 aliphatic heterocycles. The van der Waals surface area contributed by atoms with Gasteiger partial charge in [0.25, 0.3) is 5.91 Å². The molecule has 1 aromatic heterocycles.